The van der Waals surface area contributed by atoms with Crippen LogP contribution < -0.4 is 10.5 Å². The van der Waals surface area contributed by atoms with Gasteiger partial charge in [0.2, 0.25) is 10.0 Å². The summed E-state index contributed by atoms with van der Waals surface area (Å²) in [5.74, 6) is 0.270. The summed E-state index contributed by atoms with van der Waals surface area (Å²) < 4.78 is 32.5. The van der Waals surface area contributed by atoms with E-state index in [-0.39, 0.29) is 16.9 Å². The third-order valence-corrected chi connectivity index (χ3v) is 7.27. The van der Waals surface area contributed by atoms with Crippen LogP contribution >= 0.6 is 11.3 Å². The van der Waals surface area contributed by atoms with E-state index in [0.29, 0.717) is 12.1 Å². The summed E-state index contributed by atoms with van der Waals surface area (Å²) in [6, 6.07) is 1.69. The van der Waals surface area contributed by atoms with Crippen molar-refractivity contribution < 1.29 is 17.9 Å². The second-order valence-electron chi connectivity index (χ2n) is 6.35. The van der Waals surface area contributed by atoms with Gasteiger partial charge in [0.1, 0.15) is 11.0 Å². The quantitative estimate of drug-likeness (QED) is 0.754. The van der Waals surface area contributed by atoms with Gasteiger partial charge in [-0.05, 0) is 31.7 Å². The van der Waals surface area contributed by atoms with Gasteiger partial charge < -0.3 is 10.5 Å². The first-order valence-corrected chi connectivity index (χ1v) is 11.1. The number of amides is 1. The first kappa shape index (κ1) is 19.7. The fourth-order valence-corrected chi connectivity index (χ4v) is 5.65. The van der Waals surface area contributed by atoms with Crippen LogP contribution in [0.5, 0.6) is 0 Å². The predicted molar refractivity (Wildman–Crippen MR) is 102 cm³/mol. The highest BCUT2D eigenvalue weighted by atomic mass is 32.2. The summed E-state index contributed by atoms with van der Waals surface area (Å²) in [6.07, 6.45) is 6.98. The summed E-state index contributed by atoms with van der Waals surface area (Å²) in [4.78, 5) is 20.3. The summed E-state index contributed by atoms with van der Waals surface area (Å²) in [7, 11) is -3.62. The number of sulfonamides is 1. The van der Waals surface area contributed by atoms with E-state index in [4.69, 9.17) is 10.5 Å². The van der Waals surface area contributed by atoms with E-state index in [1.54, 1.807) is 25.4 Å². The van der Waals surface area contributed by atoms with Crippen molar-refractivity contribution in [1.82, 2.24) is 14.7 Å². The third kappa shape index (κ3) is 4.63. The molecule has 2 aromatic rings. The Labute approximate surface area is 162 Å². The maximum Gasteiger partial charge on any atom is 0.404 e. The Morgan fingerprint density at radius 3 is 2.74 bits per heavy atom. The summed E-state index contributed by atoms with van der Waals surface area (Å²) >= 11 is 1.49. The number of thiazole rings is 1. The van der Waals surface area contributed by atoms with Crippen LogP contribution in [0.25, 0.3) is 10.4 Å². The standard InChI is InChI=1S/C17H22N4O4S2/c1-2-21-27(23,24)15-10-19-8-7-13(15)14-9-20-16(26-14)11-3-5-12(6-4-11)25-17(18)22/h7-12,21H,2-6H2,1H3,(H2,18,22). The molecule has 2 aromatic heterocycles. The maximum absolute atomic E-state index is 12.4. The molecule has 0 bridgehead atoms. The Morgan fingerprint density at radius 1 is 1.33 bits per heavy atom. The largest absolute Gasteiger partial charge is 0.446 e. The molecule has 1 saturated carbocycles. The molecule has 2 heterocycles. The van der Waals surface area contributed by atoms with Crippen LogP contribution in [0, 0.1) is 0 Å². The number of nitrogens with one attached hydrogen (secondary N) is 1. The fraction of sp³-hybridized carbons (Fsp3) is 0.471. The first-order valence-electron chi connectivity index (χ1n) is 8.76. The van der Waals surface area contributed by atoms with E-state index in [9.17, 15) is 13.2 Å². The van der Waals surface area contributed by atoms with Crippen LogP contribution in [0.1, 0.15) is 43.5 Å². The zero-order valence-electron chi connectivity index (χ0n) is 14.9. The van der Waals surface area contributed by atoms with E-state index in [0.717, 1.165) is 35.6 Å². The maximum atomic E-state index is 12.4. The number of primary amides is 1. The molecule has 0 aliphatic heterocycles. The molecule has 1 fully saturated rings. The summed E-state index contributed by atoms with van der Waals surface area (Å²) in [5.41, 5.74) is 5.67. The lowest BCUT2D eigenvalue weighted by molar-refractivity contribution is 0.0787. The van der Waals surface area contributed by atoms with Gasteiger partial charge >= 0.3 is 6.09 Å². The molecule has 8 nitrogen and oxygen atoms in total. The number of aromatic nitrogens is 2. The van der Waals surface area contributed by atoms with E-state index >= 15 is 0 Å². The highest BCUT2D eigenvalue weighted by Crippen LogP contribution is 2.39. The van der Waals surface area contributed by atoms with Crippen molar-refractivity contribution in [3.63, 3.8) is 0 Å². The number of hydrogen-bond donors (Lipinski definition) is 2. The van der Waals surface area contributed by atoms with Crippen molar-refractivity contribution >= 4 is 27.5 Å². The Balaban J connectivity index is 1.79. The number of hydrogen-bond acceptors (Lipinski definition) is 7. The number of carbonyl (C=O) groups is 1. The van der Waals surface area contributed by atoms with Crippen LogP contribution in [0.3, 0.4) is 0 Å². The topological polar surface area (TPSA) is 124 Å². The van der Waals surface area contributed by atoms with Crippen molar-refractivity contribution in [1.29, 1.82) is 0 Å². The molecule has 1 aliphatic rings. The average molecular weight is 411 g/mol. The zero-order chi connectivity index (χ0) is 19.4. The molecule has 3 rings (SSSR count). The Morgan fingerprint density at radius 2 is 2.07 bits per heavy atom. The van der Waals surface area contributed by atoms with Crippen LogP contribution in [0.15, 0.2) is 29.6 Å². The molecule has 0 unspecified atom stereocenters. The van der Waals surface area contributed by atoms with E-state index in [1.165, 1.54) is 17.5 Å². The van der Waals surface area contributed by atoms with Crippen molar-refractivity contribution in [3.05, 3.63) is 29.7 Å². The molecule has 0 atom stereocenters. The number of ether oxygens (including phenoxy) is 1. The monoisotopic (exact) mass is 410 g/mol. The second-order valence-corrected chi connectivity index (χ2v) is 9.14. The SMILES string of the molecule is CCNS(=O)(=O)c1cnccc1-c1cnc(C2CCC(OC(N)=O)CC2)s1. The molecule has 1 amide bonds. The number of nitrogens with two attached hydrogens (primary N) is 1. The number of carbonyl (C=O) groups excluding carboxylic acids is 1. The molecule has 0 spiro atoms. The lowest BCUT2D eigenvalue weighted by Crippen LogP contribution is -2.26. The first-order chi connectivity index (χ1) is 12.9. The van der Waals surface area contributed by atoms with Gasteiger partial charge in [-0.3, -0.25) is 4.98 Å². The number of rotatable bonds is 6. The van der Waals surface area contributed by atoms with Crippen molar-refractivity contribution in [2.24, 2.45) is 5.73 Å². The summed E-state index contributed by atoms with van der Waals surface area (Å²) in [6.45, 7) is 2.04. The average Bonchev–Trinajstić information content (AvgIpc) is 3.12. The van der Waals surface area contributed by atoms with Crippen LogP contribution in [0.4, 0.5) is 4.79 Å². The van der Waals surface area contributed by atoms with Gasteiger partial charge in [-0.25, -0.2) is 22.9 Å². The van der Waals surface area contributed by atoms with Gasteiger partial charge in [-0.2, -0.15) is 0 Å². The van der Waals surface area contributed by atoms with Gasteiger partial charge in [0.15, 0.2) is 0 Å². The van der Waals surface area contributed by atoms with Crippen molar-refractivity contribution in [2.45, 2.75) is 49.5 Å². The van der Waals surface area contributed by atoms with Crippen LogP contribution in [-0.2, 0) is 14.8 Å². The van der Waals surface area contributed by atoms with Gasteiger partial charge in [0, 0.05) is 36.6 Å². The predicted octanol–water partition coefficient (Wildman–Crippen LogP) is 2.62. The minimum Gasteiger partial charge on any atom is -0.446 e. The van der Waals surface area contributed by atoms with Crippen molar-refractivity contribution in [2.75, 3.05) is 6.54 Å². The zero-order valence-corrected chi connectivity index (χ0v) is 16.6. The van der Waals surface area contributed by atoms with Gasteiger partial charge in [-0.15, -0.1) is 11.3 Å². The highest BCUT2D eigenvalue weighted by molar-refractivity contribution is 7.89. The fourth-order valence-electron chi connectivity index (χ4n) is 3.26. The molecule has 27 heavy (non-hydrogen) atoms. The molecular weight excluding hydrogens is 388 g/mol. The molecule has 3 N–H and O–H groups in total. The third-order valence-electron chi connectivity index (χ3n) is 4.50. The van der Waals surface area contributed by atoms with E-state index in [1.807, 2.05) is 0 Å². The van der Waals surface area contributed by atoms with Gasteiger partial charge in [0.05, 0.1) is 9.88 Å². The Kier molecular flexibility index (Phi) is 6.08. The smallest absolute Gasteiger partial charge is 0.404 e. The van der Waals surface area contributed by atoms with Gasteiger partial charge in [0.25, 0.3) is 0 Å². The lowest BCUT2D eigenvalue weighted by atomic mass is 9.88. The van der Waals surface area contributed by atoms with E-state index in [2.05, 4.69) is 14.7 Å². The van der Waals surface area contributed by atoms with E-state index < -0.39 is 16.1 Å². The Hall–Kier alpha value is -2.04. The second kappa shape index (κ2) is 8.32. The molecule has 0 saturated heterocycles. The Bertz CT molecular complexity index is 905. The highest BCUT2D eigenvalue weighted by Gasteiger charge is 2.27. The minimum absolute atomic E-state index is 0.129. The molecule has 1 aliphatic carbocycles. The number of nitrogens with zero attached hydrogens (tertiary/aromatic N) is 2. The molecular formula is C17H22N4O4S2. The molecule has 146 valence electrons. The number of pyridine rings is 1. The minimum atomic E-state index is -3.62. The lowest BCUT2D eigenvalue weighted by Gasteiger charge is -2.26. The van der Waals surface area contributed by atoms with Crippen molar-refractivity contribution in [3.8, 4) is 10.4 Å². The van der Waals surface area contributed by atoms with Gasteiger partial charge in [-0.1, -0.05) is 6.92 Å². The molecule has 0 aromatic carbocycles. The van der Waals surface area contributed by atoms with Crippen LogP contribution in [-0.4, -0.2) is 37.1 Å². The molecule has 0 radical (unpaired) electrons. The normalized spacial score (nSPS) is 20.3. The molecule has 10 heteroatoms. The summed E-state index contributed by atoms with van der Waals surface area (Å²) in [5, 5.41) is 0.964. The van der Waals surface area contributed by atoms with Crippen LogP contribution in [0.2, 0.25) is 0 Å².